The number of ether oxygens (including phenoxy) is 1. The highest BCUT2D eigenvalue weighted by Crippen LogP contribution is 2.19. The third kappa shape index (κ3) is 3.55. The topological polar surface area (TPSA) is 50.4 Å². The van der Waals surface area contributed by atoms with Crippen LogP contribution in [0.4, 0.5) is 0 Å². The van der Waals surface area contributed by atoms with Gasteiger partial charge in [0.05, 0.1) is 13.7 Å². The van der Waals surface area contributed by atoms with E-state index in [9.17, 15) is 4.79 Å². The maximum absolute atomic E-state index is 11.0. The van der Waals surface area contributed by atoms with E-state index in [0.29, 0.717) is 13.1 Å². The molecular formula is C12H18N2O2. The fraction of sp³-hybridized carbons (Fsp3) is 0.417. The Morgan fingerprint density at radius 3 is 2.81 bits per heavy atom. The van der Waals surface area contributed by atoms with Gasteiger partial charge in [0.2, 0.25) is 5.91 Å². The summed E-state index contributed by atoms with van der Waals surface area (Å²) in [5.74, 6) is 0.821. The first-order valence-electron chi connectivity index (χ1n) is 5.22. The molecule has 0 atom stereocenters. The van der Waals surface area contributed by atoms with Gasteiger partial charge in [-0.2, -0.15) is 0 Å². The van der Waals surface area contributed by atoms with Gasteiger partial charge in [0, 0.05) is 19.2 Å². The SMILES string of the molecule is CNC(=O)CNCc1cc(C)ccc1OC. The minimum atomic E-state index is -0.0216. The van der Waals surface area contributed by atoms with Crippen molar-refractivity contribution in [1.29, 1.82) is 0 Å². The Balaban J connectivity index is 2.58. The lowest BCUT2D eigenvalue weighted by atomic mass is 10.1. The molecule has 0 heterocycles. The molecule has 0 aromatic heterocycles. The van der Waals surface area contributed by atoms with Crippen LogP contribution in [0.1, 0.15) is 11.1 Å². The molecule has 0 bridgehead atoms. The quantitative estimate of drug-likeness (QED) is 0.776. The van der Waals surface area contributed by atoms with Crippen molar-refractivity contribution in [2.24, 2.45) is 0 Å². The zero-order chi connectivity index (χ0) is 12.0. The van der Waals surface area contributed by atoms with Gasteiger partial charge in [0.15, 0.2) is 0 Å². The summed E-state index contributed by atoms with van der Waals surface area (Å²) >= 11 is 0. The number of benzene rings is 1. The minimum absolute atomic E-state index is 0.0216. The van der Waals surface area contributed by atoms with E-state index in [2.05, 4.69) is 16.7 Å². The highest BCUT2D eigenvalue weighted by Gasteiger charge is 2.03. The van der Waals surface area contributed by atoms with Crippen LogP contribution in [0.15, 0.2) is 18.2 Å². The monoisotopic (exact) mass is 222 g/mol. The van der Waals surface area contributed by atoms with Crippen LogP contribution >= 0.6 is 0 Å². The fourth-order valence-electron chi connectivity index (χ4n) is 1.44. The van der Waals surface area contributed by atoms with Crippen molar-refractivity contribution in [1.82, 2.24) is 10.6 Å². The average Bonchev–Trinajstić information content (AvgIpc) is 2.29. The van der Waals surface area contributed by atoms with E-state index in [1.165, 1.54) is 5.56 Å². The summed E-state index contributed by atoms with van der Waals surface area (Å²) in [5.41, 5.74) is 2.24. The Kier molecular flexibility index (Phi) is 4.79. The van der Waals surface area contributed by atoms with Crippen molar-refractivity contribution in [3.8, 4) is 5.75 Å². The average molecular weight is 222 g/mol. The third-order valence-electron chi connectivity index (χ3n) is 2.32. The number of carbonyl (C=O) groups is 1. The van der Waals surface area contributed by atoms with E-state index < -0.39 is 0 Å². The van der Waals surface area contributed by atoms with E-state index in [-0.39, 0.29) is 5.91 Å². The lowest BCUT2D eigenvalue weighted by Crippen LogP contribution is -2.31. The van der Waals surface area contributed by atoms with Crippen molar-refractivity contribution >= 4 is 5.91 Å². The van der Waals surface area contributed by atoms with Crippen LogP contribution in [0, 0.1) is 6.92 Å². The highest BCUT2D eigenvalue weighted by molar-refractivity contribution is 5.77. The summed E-state index contributed by atoms with van der Waals surface area (Å²) in [7, 11) is 3.27. The van der Waals surface area contributed by atoms with Crippen LogP contribution in [-0.4, -0.2) is 26.6 Å². The number of aryl methyl sites for hydroxylation is 1. The van der Waals surface area contributed by atoms with E-state index in [4.69, 9.17) is 4.74 Å². The molecule has 2 N–H and O–H groups in total. The number of rotatable bonds is 5. The molecule has 88 valence electrons. The van der Waals surface area contributed by atoms with Crippen LogP contribution in [0.3, 0.4) is 0 Å². The first-order valence-corrected chi connectivity index (χ1v) is 5.22. The standard InChI is InChI=1S/C12H18N2O2/c1-9-4-5-11(16-3)10(6-9)7-14-8-12(15)13-2/h4-6,14H,7-8H2,1-3H3,(H,13,15). The second kappa shape index (κ2) is 6.12. The summed E-state index contributed by atoms with van der Waals surface area (Å²) in [5, 5.41) is 5.62. The molecule has 0 fully saturated rings. The van der Waals surface area contributed by atoms with Crippen molar-refractivity contribution in [3.63, 3.8) is 0 Å². The van der Waals surface area contributed by atoms with Crippen molar-refractivity contribution in [2.75, 3.05) is 20.7 Å². The smallest absolute Gasteiger partial charge is 0.233 e. The second-order valence-corrected chi connectivity index (χ2v) is 3.59. The van der Waals surface area contributed by atoms with E-state index in [0.717, 1.165) is 11.3 Å². The summed E-state index contributed by atoms with van der Waals surface area (Å²) in [4.78, 5) is 11.0. The molecule has 0 saturated heterocycles. The summed E-state index contributed by atoms with van der Waals surface area (Å²) in [6.45, 7) is 2.97. The molecular weight excluding hydrogens is 204 g/mol. The van der Waals surface area contributed by atoms with Gasteiger partial charge in [-0.15, -0.1) is 0 Å². The van der Waals surface area contributed by atoms with Gasteiger partial charge in [0.25, 0.3) is 0 Å². The predicted octanol–water partition coefficient (Wildman–Crippen LogP) is 0.839. The van der Waals surface area contributed by atoms with E-state index >= 15 is 0 Å². The molecule has 0 aliphatic heterocycles. The number of likely N-dealkylation sites (N-methyl/N-ethyl adjacent to an activating group) is 1. The Bertz CT molecular complexity index is 364. The third-order valence-corrected chi connectivity index (χ3v) is 2.32. The highest BCUT2D eigenvalue weighted by atomic mass is 16.5. The van der Waals surface area contributed by atoms with Gasteiger partial charge in [-0.1, -0.05) is 17.7 Å². The minimum Gasteiger partial charge on any atom is -0.496 e. The maximum atomic E-state index is 11.0. The number of hydrogen-bond acceptors (Lipinski definition) is 3. The maximum Gasteiger partial charge on any atom is 0.233 e. The van der Waals surface area contributed by atoms with Crippen molar-refractivity contribution < 1.29 is 9.53 Å². The zero-order valence-corrected chi connectivity index (χ0v) is 9.96. The van der Waals surface area contributed by atoms with Gasteiger partial charge >= 0.3 is 0 Å². The molecule has 0 unspecified atom stereocenters. The molecule has 1 amide bonds. The number of methoxy groups -OCH3 is 1. The van der Waals surface area contributed by atoms with Crippen LogP contribution < -0.4 is 15.4 Å². The van der Waals surface area contributed by atoms with Crippen LogP contribution in [0.25, 0.3) is 0 Å². The Morgan fingerprint density at radius 2 is 2.19 bits per heavy atom. The number of carbonyl (C=O) groups excluding carboxylic acids is 1. The molecule has 0 aliphatic rings. The molecule has 4 nitrogen and oxygen atoms in total. The van der Waals surface area contributed by atoms with Gasteiger partial charge in [-0.3, -0.25) is 4.79 Å². The Morgan fingerprint density at radius 1 is 1.44 bits per heavy atom. The lowest BCUT2D eigenvalue weighted by molar-refractivity contribution is -0.119. The molecule has 1 rings (SSSR count). The molecule has 0 radical (unpaired) electrons. The summed E-state index contributed by atoms with van der Waals surface area (Å²) in [6.07, 6.45) is 0. The van der Waals surface area contributed by atoms with Crippen LogP contribution in [0.2, 0.25) is 0 Å². The van der Waals surface area contributed by atoms with Crippen molar-refractivity contribution in [3.05, 3.63) is 29.3 Å². The number of nitrogens with one attached hydrogen (secondary N) is 2. The van der Waals surface area contributed by atoms with Crippen molar-refractivity contribution in [2.45, 2.75) is 13.5 Å². The first kappa shape index (κ1) is 12.5. The molecule has 1 aromatic rings. The largest absolute Gasteiger partial charge is 0.496 e. The van der Waals surface area contributed by atoms with Gasteiger partial charge < -0.3 is 15.4 Å². The molecule has 0 spiro atoms. The Hall–Kier alpha value is -1.55. The molecule has 16 heavy (non-hydrogen) atoms. The zero-order valence-electron chi connectivity index (χ0n) is 9.96. The molecule has 0 aliphatic carbocycles. The van der Waals surface area contributed by atoms with Crippen LogP contribution in [-0.2, 0) is 11.3 Å². The molecule has 4 heteroatoms. The summed E-state index contributed by atoms with van der Waals surface area (Å²) < 4.78 is 5.24. The second-order valence-electron chi connectivity index (χ2n) is 3.59. The Labute approximate surface area is 96.0 Å². The van der Waals surface area contributed by atoms with Gasteiger partial charge in [-0.25, -0.2) is 0 Å². The lowest BCUT2D eigenvalue weighted by Gasteiger charge is -2.10. The molecule has 0 saturated carbocycles. The van der Waals surface area contributed by atoms with Gasteiger partial charge in [0.1, 0.15) is 5.75 Å². The molecule has 1 aromatic carbocycles. The van der Waals surface area contributed by atoms with Crippen LogP contribution in [0.5, 0.6) is 5.75 Å². The number of amides is 1. The summed E-state index contributed by atoms with van der Waals surface area (Å²) in [6, 6.07) is 5.99. The fourth-order valence-corrected chi connectivity index (χ4v) is 1.44. The predicted molar refractivity (Wildman–Crippen MR) is 63.5 cm³/mol. The normalized spacial score (nSPS) is 9.94. The first-order chi connectivity index (χ1) is 7.67. The van der Waals surface area contributed by atoms with E-state index in [1.807, 2.05) is 19.1 Å². The number of hydrogen-bond donors (Lipinski definition) is 2. The van der Waals surface area contributed by atoms with Gasteiger partial charge in [-0.05, 0) is 13.0 Å². The van der Waals surface area contributed by atoms with E-state index in [1.54, 1.807) is 14.2 Å².